The van der Waals surface area contributed by atoms with Gasteiger partial charge in [0.2, 0.25) is 0 Å². The van der Waals surface area contributed by atoms with Crippen LogP contribution in [0.25, 0.3) is 99.1 Å². The standard InChI is InChI=1S/C62H41NO/c1-2-10-42(11-3-1)43-20-22-44(23-21-43)46-28-35-52(36-29-46)63(53-37-30-47(31-38-53)45-24-26-50(27-25-45)56-17-8-14-48-12-4-6-15-55(48)56)54-39-32-51(33-40-54)57-18-9-19-60-61(57)59-41-34-49-13-5-7-16-58(49)62(59)64-60/h1-41H. The van der Waals surface area contributed by atoms with Gasteiger partial charge in [-0.25, -0.2) is 0 Å². The molecule has 12 rings (SSSR count). The van der Waals surface area contributed by atoms with Gasteiger partial charge in [0.05, 0.1) is 0 Å². The summed E-state index contributed by atoms with van der Waals surface area (Å²) in [5.41, 5.74) is 17.0. The molecule has 0 amide bonds. The molecule has 0 radical (unpaired) electrons. The molecule has 1 aromatic heterocycles. The van der Waals surface area contributed by atoms with Crippen molar-refractivity contribution in [2.45, 2.75) is 0 Å². The molecule has 300 valence electrons. The van der Waals surface area contributed by atoms with Gasteiger partial charge in [0, 0.05) is 33.2 Å². The fourth-order valence-electron chi connectivity index (χ4n) is 9.44. The van der Waals surface area contributed by atoms with Crippen LogP contribution in [0.2, 0.25) is 0 Å². The third-order valence-corrected chi connectivity index (χ3v) is 12.7. The summed E-state index contributed by atoms with van der Waals surface area (Å²) in [6.45, 7) is 0. The molecule has 0 unspecified atom stereocenters. The highest BCUT2D eigenvalue weighted by Crippen LogP contribution is 2.42. The number of anilines is 3. The zero-order valence-corrected chi connectivity index (χ0v) is 35.0. The van der Waals surface area contributed by atoms with E-state index in [4.69, 9.17) is 4.42 Å². The zero-order chi connectivity index (χ0) is 42.4. The van der Waals surface area contributed by atoms with Gasteiger partial charge >= 0.3 is 0 Å². The molecule has 1 heterocycles. The minimum atomic E-state index is 0.896. The predicted molar refractivity (Wildman–Crippen MR) is 271 cm³/mol. The van der Waals surface area contributed by atoms with Crippen LogP contribution in [0, 0.1) is 0 Å². The Hall–Kier alpha value is -8.46. The van der Waals surface area contributed by atoms with E-state index in [9.17, 15) is 0 Å². The quantitative estimate of drug-likeness (QED) is 0.152. The second kappa shape index (κ2) is 15.8. The van der Waals surface area contributed by atoms with Gasteiger partial charge in [0.25, 0.3) is 0 Å². The fraction of sp³-hybridized carbons (Fsp3) is 0. The molecule has 64 heavy (non-hydrogen) atoms. The maximum absolute atomic E-state index is 6.55. The molecule has 0 aliphatic heterocycles. The van der Waals surface area contributed by atoms with Gasteiger partial charge < -0.3 is 9.32 Å². The molecule has 2 heteroatoms. The zero-order valence-electron chi connectivity index (χ0n) is 35.0. The first-order chi connectivity index (χ1) is 31.7. The van der Waals surface area contributed by atoms with Gasteiger partial charge in [0.1, 0.15) is 11.2 Å². The van der Waals surface area contributed by atoms with Crippen molar-refractivity contribution >= 4 is 60.5 Å². The number of hydrogen-bond donors (Lipinski definition) is 0. The van der Waals surface area contributed by atoms with Crippen molar-refractivity contribution < 1.29 is 4.42 Å². The van der Waals surface area contributed by atoms with Crippen molar-refractivity contribution in [1.29, 1.82) is 0 Å². The molecular weight excluding hydrogens is 775 g/mol. The second-order valence-electron chi connectivity index (χ2n) is 16.5. The molecule has 0 atom stereocenters. The Labute approximate surface area is 372 Å². The molecule has 0 N–H and O–H groups in total. The first-order valence-electron chi connectivity index (χ1n) is 21.9. The Balaban J connectivity index is 0.895. The molecule has 0 saturated carbocycles. The summed E-state index contributed by atoms with van der Waals surface area (Å²) in [6, 6.07) is 89.5. The van der Waals surface area contributed by atoms with Gasteiger partial charge in [-0.15, -0.1) is 0 Å². The molecule has 12 aromatic rings. The van der Waals surface area contributed by atoms with E-state index in [1.165, 1.54) is 60.7 Å². The van der Waals surface area contributed by atoms with E-state index in [0.717, 1.165) is 55.5 Å². The number of rotatable bonds is 8. The molecule has 0 saturated heterocycles. The van der Waals surface area contributed by atoms with Crippen LogP contribution in [0.3, 0.4) is 0 Å². The first-order valence-corrected chi connectivity index (χ1v) is 21.9. The van der Waals surface area contributed by atoms with Crippen LogP contribution in [0.15, 0.2) is 253 Å². The summed E-state index contributed by atoms with van der Waals surface area (Å²) in [7, 11) is 0. The molecule has 0 bridgehead atoms. The monoisotopic (exact) mass is 815 g/mol. The maximum Gasteiger partial charge on any atom is 0.143 e. The van der Waals surface area contributed by atoms with Crippen LogP contribution in [0.4, 0.5) is 17.1 Å². The van der Waals surface area contributed by atoms with Gasteiger partial charge in [-0.2, -0.15) is 0 Å². The van der Waals surface area contributed by atoms with E-state index < -0.39 is 0 Å². The second-order valence-corrected chi connectivity index (χ2v) is 16.5. The smallest absolute Gasteiger partial charge is 0.143 e. The number of benzene rings is 11. The Kier molecular flexibility index (Phi) is 9.20. The third-order valence-electron chi connectivity index (χ3n) is 12.7. The number of nitrogens with zero attached hydrogens (tertiary/aromatic N) is 1. The predicted octanol–water partition coefficient (Wildman–Crippen LogP) is 17.7. The van der Waals surface area contributed by atoms with E-state index in [1.807, 2.05) is 0 Å². The third kappa shape index (κ3) is 6.70. The lowest BCUT2D eigenvalue weighted by atomic mass is 9.96. The van der Waals surface area contributed by atoms with E-state index in [1.54, 1.807) is 0 Å². The van der Waals surface area contributed by atoms with Crippen molar-refractivity contribution in [3.05, 3.63) is 249 Å². The van der Waals surface area contributed by atoms with Gasteiger partial charge in [0.15, 0.2) is 0 Å². The van der Waals surface area contributed by atoms with E-state index in [0.29, 0.717) is 0 Å². The molecule has 2 nitrogen and oxygen atoms in total. The highest BCUT2D eigenvalue weighted by atomic mass is 16.3. The largest absolute Gasteiger partial charge is 0.455 e. The Morgan fingerprint density at radius 3 is 1.25 bits per heavy atom. The summed E-state index contributed by atoms with van der Waals surface area (Å²) in [5, 5.41) is 7.10. The highest BCUT2D eigenvalue weighted by Gasteiger charge is 2.17. The van der Waals surface area contributed by atoms with Crippen LogP contribution < -0.4 is 4.90 Å². The van der Waals surface area contributed by atoms with Gasteiger partial charge in [-0.1, -0.05) is 200 Å². The number of hydrogen-bond acceptors (Lipinski definition) is 2. The van der Waals surface area contributed by atoms with E-state index in [-0.39, 0.29) is 0 Å². The van der Waals surface area contributed by atoms with Crippen molar-refractivity contribution in [1.82, 2.24) is 0 Å². The average molecular weight is 816 g/mol. The summed E-state index contributed by atoms with van der Waals surface area (Å²) < 4.78 is 6.55. The van der Waals surface area contributed by atoms with Crippen LogP contribution >= 0.6 is 0 Å². The minimum Gasteiger partial charge on any atom is -0.455 e. The lowest BCUT2D eigenvalue weighted by Crippen LogP contribution is -2.09. The lowest BCUT2D eigenvalue weighted by molar-refractivity contribution is 0.673. The number of furan rings is 1. The molecule has 11 aromatic carbocycles. The van der Waals surface area contributed by atoms with Crippen molar-refractivity contribution in [3.8, 4) is 55.6 Å². The summed E-state index contributed by atoms with van der Waals surface area (Å²) in [5.74, 6) is 0. The Morgan fingerprint density at radius 2 is 0.656 bits per heavy atom. The average Bonchev–Trinajstić information content (AvgIpc) is 3.77. The van der Waals surface area contributed by atoms with E-state index in [2.05, 4.69) is 254 Å². The summed E-state index contributed by atoms with van der Waals surface area (Å²) in [6.07, 6.45) is 0. The topological polar surface area (TPSA) is 16.4 Å². The van der Waals surface area contributed by atoms with Gasteiger partial charge in [-0.3, -0.25) is 0 Å². The van der Waals surface area contributed by atoms with Crippen molar-refractivity contribution in [3.63, 3.8) is 0 Å². The lowest BCUT2D eigenvalue weighted by Gasteiger charge is -2.26. The van der Waals surface area contributed by atoms with Crippen LogP contribution in [-0.2, 0) is 0 Å². The first kappa shape index (κ1) is 37.3. The normalized spacial score (nSPS) is 11.4. The van der Waals surface area contributed by atoms with Crippen LogP contribution in [-0.4, -0.2) is 0 Å². The fourth-order valence-corrected chi connectivity index (χ4v) is 9.44. The molecule has 0 fully saturated rings. The SMILES string of the molecule is c1ccc(-c2ccc(-c3ccc(N(c4ccc(-c5ccc(-c6cccc7ccccc67)cc5)cc4)c4ccc(-c5cccc6oc7c8ccccc8ccc7c56)cc4)cc3)cc2)cc1. The van der Waals surface area contributed by atoms with Gasteiger partial charge in [-0.05, 0) is 120 Å². The molecule has 0 aliphatic carbocycles. The summed E-state index contributed by atoms with van der Waals surface area (Å²) in [4.78, 5) is 2.35. The molecule has 0 spiro atoms. The Bertz CT molecular complexity index is 3600. The maximum atomic E-state index is 6.55. The minimum absolute atomic E-state index is 0.896. The molecular formula is C62H41NO. The highest BCUT2D eigenvalue weighted by molar-refractivity contribution is 6.19. The van der Waals surface area contributed by atoms with Crippen molar-refractivity contribution in [2.24, 2.45) is 0 Å². The number of fused-ring (bicyclic) bond motifs is 6. The van der Waals surface area contributed by atoms with Crippen LogP contribution in [0.5, 0.6) is 0 Å². The summed E-state index contributed by atoms with van der Waals surface area (Å²) >= 11 is 0. The Morgan fingerprint density at radius 1 is 0.250 bits per heavy atom. The van der Waals surface area contributed by atoms with Crippen LogP contribution in [0.1, 0.15) is 0 Å². The van der Waals surface area contributed by atoms with Crippen molar-refractivity contribution in [2.75, 3.05) is 4.90 Å². The molecule has 0 aliphatic rings. The van der Waals surface area contributed by atoms with E-state index >= 15 is 0 Å².